The van der Waals surface area contributed by atoms with Gasteiger partial charge in [0.15, 0.2) is 0 Å². The maximum Gasteiger partial charge on any atom is 0.0242 e. The lowest BCUT2D eigenvalue weighted by atomic mass is 10.2. The van der Waals surface area contributed by atoms with Crippen LogP contribution in [0.25, 0.3) is 0 Å². The van der Waals surface area contributed by atoms with Gasteiger partial charge in [0.05, 0.1) is 0 Å². The first-order valence-electron chi connectivity index (χ1n) is 5.72. The van der Waals surface area contributed by atoms with E-state index in [0.29, 0.717) is 0 Å². The summed E-state index contributed by atoms with van der Waals surface area (Å²) >= 11 is 0. The molecule has 0 aromatic heterocycles. The van der Waals surface area contributed by atoms with Crippen molar-refractivity contribution < 1.29 is 0 Å². The molecule has 0 amide bonds. The van der Waals surface area contributed by atoms with Crippen LogP contribution in [0.4, 0.5) is 0 Å². The highest BCUT2D eigenvalue weighted by atomic mass is 15.4. The third-order valence-corrected chi connectivity index (χ3v) is 3.57. The lowest BCUT2D eigenvalue weighted by Gasteiger charge is -2.36. The van der Waals surface area contributed by atoms with Crippen molar-refractivity contribution in [1.82, 2.24) is 9.80 Å². The molecule has 2 heterocycles. The maximum absolute atomic E-state index is 2.68. The average molecular weight is 182 g/mol. The number of fused-ring (bicyclic) bond motifs is 2. The van der Waals surface area contributed by atoms with E-state index in [9.17, 15) is 0 Å². The van der Waals surface area contributed by atoms with Crippen molar-refractivity contribution >= 4 is 0 Å². The summed E-state index contributed by atoms with van der Waals surface area (Å²) in [6.07, 6.45) is 2.74. The Kier molecular flexibility index (Phi) is 2.61. The van der Waals surface area contributed by atoms with E-state index < -0.39 is 0 Å². The number of nitrogens with zero attached hydrogens (tertiary/aromatic N) is 2. The van der Waals surface area contributed by atoms with Crippen LogP contribution in [0.3, 0.4) is 0 Å². The second kappa shape index (κ2) is 3.58. The lowest BCUT2D eigenvalue weighted by molar-refractivity contribution is 0.104. The van der Waals surface area contributed by atoms with E-state index in [-0.39, 0.29) is 0 Å². The molecule has 2 saturated heterocycles. The minimum absolute atomic E-state index is 0.749. The first kappa shape index (κ1) is 9.47. The Morgan fingerprint density at radius 3 is 2.46 bits per heavy atom. The zero-order valence-electron chi connectivity index (χ0n) is 9.16. The summed E-state index contributed by atoms with van der Waals surface area (Å²) in [6.45, 7) is 10.9. The van der Waals surface area contributed by atoms with Crippen LogP contribution >= 0.6 is 0 Å². The molecule has 0 spiro atoms. The number of piperazine rings is 1. The van der Waals surface area contributed by atoms with Crippen molar-refractivity contribution in [3.63, 3.8) is 0 Å². The fraction of sp³-hybridized carbons (Fsp3) is 1.00. The average Bonchev–Trinajstić information content (AvgIpc) is 2.62. The Hall–Kier alpha value is -0.0800. The fourth-order valence-electron chi connectivity index (χ4n) is 2.97. The van der Waals surface area contributed by atoms with Crippen LogP contribution in [0.1, 0.15) is 33.6 Å². The summed E-state index contributed by atoms with van der Waals surface area (Å²) in [7, 11) is 0. The predicted octanol–water partition coefficient (Wildman–Crippen LogP) is 1.56. The predicted molar refractivity (Wildman–Crippen MR) is 55.9 cm³/mol. The topological polar surface area (TPSA) is 6.48 Å². The largest absolute Gasteiger partial charge is 0.298 e. The van der Waals surface area contributed by atoms with Crippen molar-refractivity contribution in [2.75, 3.05) is 19.6 Å². The Balaban J connectivity index is 1.91. The first-order valence-corrected chi connectivity index (χ1v) is 5.72. The van der Waals surface area contributed by atoms with Gasteiger partial charge in [-0.15, -0.1) is 0 Å². The molecule has 2 bridgehead atoms. The zero-order chi connectivity index (χ0) is 9.42. The standard InChI is InChI=1S/C11H22N2/c1-4-5-12-7-11-6-10(12)8-13(11)9(2)3/h9-11H,4-8H2,1-3H3/t10-,11-/m1/s1. The molecule has 2 aliphatic rings. The molecule has 0 unspecified atom stereocenters. The van der Waals surface area contributed by atoms with Crippen molar-refractivity contribution in [3.8, 4) is 0 Å². The van der Waals surface area contributed by atoms with E-state index in [1.165, 1.54) is 32.5 Å². The Morgan fingerprint density at radius 1 is 1.23 bits per heavy atom. The second-order valence-corrected chi connectivity index (χ2v) is 4.83. The number of hydrogen-bond donors (Lipinski definition) is 0. The molecule has 0 N–H and O–H groups in total. The van der Waals surface area contributed by atoms with Gasteiger partial charge in [-0.1, -0.05) is 6.92 Å². The molecule has 13 heavy (non-hydrogen) atoms. The molecule has 2 rings (SSSR count). The highest BCUT2D eigenvalue weighted by Gasteiger charge is 2.43. The fourth-order valence-corrected chi connectivity index (χ4v) is 2.97. The van der Waals surface area contributed by atoms with Crippen LogP contribution in [0.2, 0.25) is 0 Å². The molecule has 2 nitrogen and oxygen atoms in total. The van der Waals surface area contributed by atoms with E-state index in [1.54, 1.807) is 0 Å². The van der Waals surface area contributed by atoms with Crippen molar-refractivity contribution in [2.24, 2.45) is 0 Å². The van der Waals surface area contributed by atoms with Crippen molar-refractivity contribution in [1.29, 1.82) is 0 Å². The van der Waals surface area contributed by atoms with Gasteiger partial charge >= 0.3 is 0 Å². The van der Waals surface area contributed by atoms with Gasteiger partial charge in [-0.3, -0.25) is 9.80 Å². The minimum atomic E-state index is 0.749. The Morgan fingerprint density at radius 2 is 2.00 bits per heavy atom. The summed E-state index contributed by atoms with van der Waals surface area (Å²) in [5.41, 5.74) is 0. The highest BCUT2D eigenvalue weighted by molar-refractivity contribution is 5.00. The molecule has 0 radical (unpaired) electrons. The summed E-state index contributed by atoms with van der Waals surface area (Å²) < 4.78 is 0. The molecule has 76 valence electrons. The Bertz CT molecular complexity index is 179. The zero-order valence-corrected chi connectivity index (χ0v) is 9.16. The number of likely N-dealkylation sites (tertiary alicyclic amines) is 2. The van der Waals surface area contributed by atoms with Crippen LogP contribution in [-0.2, 0) is 0 Å². The van der Waals surface area contributed by atoms with E-state index in [0.717, 1.165) is 18.1 Å². The van der Waals surface area contributed by atoms with Gasteiger partial charge in [0.1, 0.15) is 0 Å². The summed E-state index contributed by atoms with van der Waals surface area (Å²) in [6, 6.07) is 2.50. The highest BCUT2D eigenvalue weighted by Crippen LogP contribution is 2.31. The summed E-state index contributed by atoms with van der Waals surface area (Å²) in [5, 5.41) is 0. The van der Waals surface area contributed by atoms with E-state index >= 15 is 0 Å². The molecular weight excluding hydrogens is 160 g/mol. The van der Waals surface area contributed by atoms with Gasteiger partial charge in [0, 0.05) is 31.2 Å². The van der Waals surface area contributed by atoms with Gasteiger partial charge in [0.2, 0.25) is 0 Å². The van der Waals surface area contributed by atoms with Crippen LogP contribution in [0.5, 0.6) is 0 Å². The monoisotopic (exact) mass is 182 g/mol. The lowest BCUT2D eigenvalue weighted by Crippen LogP contribution is -2.48. The molecule has 0 saturated carbocycles. The molecule has 0 aromatic carbocycles. The van der Waals surface area contributed by atoms with Gasteiger partial charge in [-0.05, 0) is 33.2 Å². The molecule has 2 fully saturated rings. The van der Waals surface area contributed by atoms with E-state index in [4.69, 9.17) is 0 Å². The maximum atomic E-state index is 2.68. The number of rotatable bonds is 3. The molecule has 2 atom stereocenters. The quantitative estimate of drug-likeness (QED) is 0.653. The molecule has 2 aliphatic heterocycles. The smallest absolute Gasteiger partial charge is 0.0242 e. The molecule has 2 heteroatoms. The van der Waals surface area contributed by atoms with Crippen LogP contribution in [-0.4, -0.2) is 47.6 Å². The van der Waals surface area contributed by atoms with Crippen molar-refractivity contribution in [2.45, 2.75) is 51.7 Å². The van der Waals surface area contributed by atoms with Crippen LogP contribution in [0, 0.1) is 0 Å². The third kappa shape index (κ3) is 1.62. The molecular formula is C11H22N2. The second-order valence-electron chi connectivity index (χ2n) is 4.83. The molecule has 0 aromatic rings. The number of hydrogen-bond acceptors (Lipinski definition) is 2. The van der Waals surface area contributed by atoms with Crippen LogP contribution < -0.4 is 0 Å². The van der Waals surface area contributed by atoms with Gasteiger partial charge < -0.3 is 0 Å². The van der Waals surface area contributed by atoms with Gasteiger partial charge in [0.25, 0.3) is 0 Å². The van der Waals surface area contributed by atoms with Crippen molar-refractivity contribution in [3.05, 3.63) is 0 Å². The summed E-state index contributed by atoms with van der Waals surface area (Å²) in [5.74, 6) is 0. The van der Waals surface area contributed by atoms with E-state index in [2.05, 4.69) is 30.6 Å². The normalized spacial score (nSPS) is 35.1. The minimum Gasteiger partial charge on any atom is -0.298 e. The van der Waals surface area contributed by atoms with E-state index in [1.807, 2.05) is 0 Å². The SMILES string of the molecule is CCCN1C[C@H]2C[C@@H]1CN2C(C)C. The van der Waals surface area contributed by atoms with Crippen LogP contribution in [0.15, 0.2) is 0 Å². The van der Waals surface area contributed by atoms with Gasteiger partial charge in [-0.25, -0.2) is 0 Å². The Labute approximate surface area is 81.9 Å². The summed E-state index contributed by atoms with van der Waals surface area (Å²) in [4.78, 5) is 5.36. The van der Waals surface area contributed by atoms with Gasteiger partial charge in [-0.2, -0.15) is 0 Å². The molecule has 0 aliphatic carbocycles. The third-order valence-electron chi connectivity index (χ3n) is 3.57. The first-order chi connectivity index (χ1) is 6.22.